The van der Waals surface area contributed by atoms with E-state index in [1.54, 1.807) is 24.3 Å². The van der Waals surface area contributed by atoms with Crippen LogP contribution in [0.5, 0.6) is 11.5 Å². The highest BCUT2D eigenvalue weighted by molar-refractivity contribution is 7.92. The fraction of sp³-hybridized carbons (Fsp3) is 0.458. The van der Waals surface area contributed by atoms with Gasteiger partial charge in [-0.25, -0.2) is 8.42 Å². The van der Waals surface area contributed by atoms with Crippen LogP contribution in [0.3, 0.4) is 0 Å². The lowest BCUT2D eigenvalue weighted by molar-refractivity contribution is -0.119. The van der Waals surface area contributed by atoms with Crippen LogP contribution in [0.15, 0.2) is 48.5 Å². The molecule has 0 atom stereocenters. The van der Waals surface area contributed by atoms with Gasteiger partial charge in [0.2, 0.25) is 15.9 Å². The van der Waals surface area contributed by atoms with E-state index < -0.39 is 15.9 Å². The third-order valence-electron chi connectivity index (χ3n) is 4.66. The number of rotatable bonds is 11. The quantitative estimate of drug-likeness (QED) is 0.514. The Morgan fingerprint density at radius 2 is 1.66 bits per heavy atom. The highest BCUT2D eigenvalue weighted by Crippen LogP contribution is 2.30. The van der Waals surface area contributed by atoms with Crippen LogP contribution < -0.4 is 19.1 Å². The maximum Gasteiger partial charge on any atom is 0.240 e. The SMILES string of the molecule is CCCOc1ccc(N(CC(=O)NCCOc2ccccc2C(C)(C)C)S(C)(=O)=O)cc1. The van der Waals surface area contributed by atoms with Crippen molar-refractivity contribution in [2.24, 2.45) is 0 Å². The summed E-state index contributed by atoms with van der Waals surface area (Å²) in [4.78, 5) is 12.4. The van der Waals surface area contributed by atoms with E-state index in [9.17, 15) is 13.2 Å². The van der Waals surface area contributed by atoms with Gasteiger partial charge in [0, 0.05) is 0 Å². The van der Waals surface area contributed by atoms with E-state index >= 15 is 0 Å². The molecule has 8 heteroatoms. The molecule has 0 heterocycles. The summed E-state index contributed by atoms with van der Waals surface area (Å²) in [6.07, 6.45) is 1.96. The lowest BCUT2D eigenvalue weighted by Crippen LogP contribution is -2.41. The molecule has 7 nitrogen and oxygen atoms in total. The molecule has 0 radical (unpaired) electrons. The van der Waals surface area contributed by atoms with Crippen LogP contribution in [0.2, 0.25) is 0 Å². The van der Waals surface area contributed by atoms with Crippen LogP contribution in [0.1, 0.15) is 39.7 Å². The van der Waals surface area contributed by atoms with E-state index in [1.165, 1.54) is 0 Å². The molecule has 0 saturated carbocycles. The number of hydrogen-bond donors (Lipinski definition) is 1. The molecule has 2 rings (SSSR count). The number of nitrogens with one attached hydrogen (secondary N) is 1. The highest BCUT2D eigenvalue weighted by Gasteiger charge is 2.21. The Hall–Kier alpha value is -2.74. The predicted molar refractivity (Wildman–Crippen MR) is 128 cm³/mol. The van der Waals surface area contributed by atoms with Gasteiger partial charge in [-0.1, -0.05) is 45.9 Å². The lowest BCUT2D eigenvalue weighted by Gasteiger charge is -2.23. The zero-order valence-electron chi connectivity index (χ0n) is 19.6. The van der Waals surface area contributed by atoms with Crippen LogP contribution in [0, 0.1) is 0 Å². The number of amides is 1. The average Bonchev–Trinajstić information content (AvgIpc) is 2.73. The number of benzene rings is 2. The molecule has 0 bridgehead atoms. The Bertz CT molecular complexity index is 982. The van der Waals surface area contributed by atoms with Gasteiger partial charge in [-0.05, 0) is 47.7 Å². The standard InChI is InChI=1S/C24H34N2O5S/c1-6-16-30-20-13-11-19(12-14-20)26(32(5,28)29)18-23(27)25-15-17-31-22-10-8-7-9-21(22)24(2,3)4/h7-14H,6,15-18H2,1-5H3,(H,25,27). The Labute approximate surface area is 191 Å². The van der Waals surface area contributed by atoms with Gasteiger partial charge < -0.3 is 14.8 Å². The van der Waals surface area contributed by atoms with E-state index in [4.69, 9.17) is 9.47 Å². The van der Waals surface area contributed by atoms with Crippen LogP contribution in [0.25, 0.3) is 0 Å². The Kier molecular flexibility index (Phi) is 8.95. The number of hydrogen-bond acceptors (Lipinski definition) is 5. The minimum absolute atomic E-state index is 0.0625. The number of carbonyl (C=O) groups is 1. The first-order valence-corrected chi connectivity index (χ1v) is 12.6. The molecule has 176 valence electrons. The molecule has 0 aliphatic carbocycles. The first-order valence-electron chi connectivity index (χ1n) is 10.7. The third-order valence-corrected chi connectivity index (χ3v) is 5.80. The first-order chi connectivity index (χ1) is 15.0. The van der Waals surface area contributed by atoms with Crippen LogP contribution in [0.4, 0.5) is 5.69 Å². The smallest absolute Gasteiger partial charge is 0.240 e. The summed E-state index contributed by atoms with van der Waals surface area (Å²) >= 11 is 0. The topological polar surface area (TPSA) is 84.9 Å². The van der Waals surface area contributed by atoms with E-state index in [-0.39, 0.29) is 25.1 Å². The second-order valence-electron chi connectivity index (χ2n) is 8.56. The molecule has 1 amide bonds. The second-order valence-corrected chi connectivity index (χ2v) is 10.5. The van der Waals surface area contributed by atoms with Gasteiger partial charge in [-0.3, -0.25) is 9.10 Å². The van der Waals surface area contributed by atoms with Crippen molar-refractivity contribution in [1.29, 1.82) is 0 Å². The Balaban J connectivity index is 1.93. The van der Waals surface area contributed by atoms with Gasteiger partial charge in [0.05, 0.1) is 25.1 Å². The monoisotopic (exact) mass is 462 g/mol. The summed E-state index contributed by atoms with van der Waals surface area (Å²) in [5, 5.41) is 2.73. The van der Waals surface area contributed by atoms with Gasteiger partial charge in [0.15, 0.2) is 0 Å². The predicted octanol–water partition coefficient (Wildman–Crippen LogP) is 3.73. The Morgan fingerprint density at radius 3 is 2.25 bits per heavy atom. The van der Waals surface area contributed by atoms with E-state index in [1.807, 2.05) is 31.2 Å². The van der Waals surface area contributed by atoms with Crippen molar-refractivity contribution in [3.63, 3.8) is 0 Å². The minimum Gasteiger partial charge on any atom is -0.494 e. The van der Waals surface area contributed by atoms with Crippen LogP contribution in [-0.2, 0) is 20.2 Å². The maximum atomic E-state index is 12.4. The number of para-hydroxylation sites is 1. The molecule has 0 fully saturated rings. The molecule has 0 aliphatic rings. The van der Waals surface area contributed by atoms with Crippen molar-refractivity contribution in [2.45, 2.75) is 39.5 Å². The molecule has 0 spiro atoms. The molecule has 2 aromatic carbocycles. The van der Waals surface area contributed by atoms with Crippen molar-refractivity contribution in [1.82, 2.24) is 5.32 Å². The van der Waals surface area contributed by atoms with Gasteiger partial charge >= 0.3 is 0 Å². The van der Waals surface area contributed by atoms with Gasteiger partial charge in [0.1, 0.15) is 24.7 Å². The lowest BCUT2D eigenvalue weighted by atomic mass is 9.86. The normalized spacial score (nSPS) is 11.7. The second kappa shape index (κ2) is 11.2. The fourth-order valence-corrected chi connectivity index (χ4v) is 3.93. The van der Waals surface area contributed by atoms with Crippen molar-refractivity contribution < 1.29 is 22.7 Å². The van der Waals surface area contributed by atoms with Crippen molar-refractivity contribution in [3.8, 4) is 11.5 Å². The average molecular weight is 463 g/mol. The largest absolute Gasteiger partial charge is 0.494 e. The molecule has 0 aromatic heterocycles. The van der Waals surface area contributed by atoms with Crippen molar-refractivity contribution in [3.05, 3.63) is 54.1 Å². The molecule has 32 heavy (non-hydrogen) atoms. The summed E-state index contributed by atoms with van der Waals surface area (Å²) in [7, 11) is -3.64. The number of ether oxygens (including phenoxy) is 2. The summed E-state index contributed by atoms with van der Waals surface area (Å²) in [6, 6.07) is 14.5. The molecule has 0 aliphatic heterocycles. The summed E-state index contributed by atoms with van der Waals surface area (Å²) < 4.78 is 37.0. The molecule has 1 N–H and O–H groups in total. The number of anilines is 1. The zero-order valence-corrected chi connectivity index (χ0v) is 20.4. The minimum atomic E-state index is -3.64. The summed E-state index contributed by atoms with van der Waals surface area (Å²) in [5.74, 6) is 1.02. The van der Waals surface area contributed by atoms with Crippen LogP contribution in [-0.4, -0.2) is 46.9 Å². The summed E-state index contributed by atoms with van der Waals surface area (Å²) in [6.45, 7) is 9.15. The maximum absolute atomic E-state index is 12.4. The highest BCUT2D eigenvalue weighted by atomic mass is 32.2. The number of sulfonamides is 1. The molecule has 0 unspecified atom stereocenters. The van der Waals surface area contributed by atoms with Gasteiger partial charge in [0.25, 0.3) is 0 Å². The summed E-state index contributed by atoms with van der Waals surface area (Å²) in [5.41, 5.74) is 1.43. The molecular formula is C24H34N2O5S. The van der Waals surface area contributed by atoms with E-state index in [2.05, 4.69) is 26.1 Å². The van der Waals surface area contributed by atoms with Gasteiger partial charge in [-0.15, -0.1) is 0 Å². The van der Waals surface area contributed by atoms with Crippen molar-refractivity contribution in [2.75, 3.05) is 36.9 Å². The molecular weight excluding hydrogens is 428 g/mol. The third kappa shape index (κ3) is 7.75. The molecule has 2 aromatic rings. The Morgan fingerprint density at radius 1 is 1.00 bits per heavy atom. The fourth-order valence-electron chi connectivity index (χ4n) is 3.08. The zero-order chi connectivity index (χ0) is 23.8. The number of nitrogens with zero attached hydrogens (tertiary/aromatic N) is 1. The first kappa shape index (κ1) is 25.5. The van der Waals surface area contributed by atoms with Gasteiger partial charge in [-0.2, -0.15) is 0 Å². The van der Waals surface area contributed by atoms with E-state index in [0.29, 0.717) is 18.0 Å². The van der Waals surface area contributed by atoms with Crippen molar-refractivity contribution >= 4 is 21.6 Å². The van der Waals surface area contributed by atoms with E-state index in [0.717, 1.165) is 28.3 Å². The van der Waals surface area contributed by atoms with Crippen LogP contribution >= 0.6 is 0 Å². The molecule has 0 saturated heterocycles. The number of carbonyl (C=O) groups excluding carboxylic acids is 1.